The fourth-order valence-electron chi connectivity index (χ4n) is 1.68. The minimum atomic E-state index is 0.958. The minimum Gasteiger partial charge on any atom is -0.0763 e. The van der Waals surface area contributed by atoms with Gasteiger partial charge >= 0.3 is 0 Å². The molecule has 14 heavy (non-hydrogen) atoms. The molecule has 0 spiro atoms. The van der Waals surface area contributed by atoms with Gasteiger partial charge in [0.05, 0.1) is 0 Å². The molecule has 73 valence electrons. The SMILES string of the molecule is CC/C=[C]\c1ccccc1CC1CC1. The van der Waals surface area contributed by atoms with Crippen LogP contribution >= 0.6 is 0 Å². The Hall–Kier alpha value is -1.04. The van der Waals surface area contributed by atoms with E-state index in [0.717, 1.165) is 12.3 Å². The lowest BCUT2D eigenvalue weighted by molar-refractivity contribution is 0.828. The van der Waals surface area contributed by atoms with Crippen LogP contribution in [0.2, 0.25) is 0 Å². The summed E-state index contributed by atoms with van der Waals surface area (Å²) < 4.78 is 0. The molecule has 0 aliphatic heterocycles. The van der Waals surface area contributed by atoms with Crippen LogP contribution in [0.1, 0.15) is 37.3 Å². The van der Waals surface area contributed by atoms with Gasteiger partial charge in [-0.1, -0.05) is 37.3 Å². The van der Waals surface area contributed by atoms with Gasteiger partial charge in [0.1, 0.15) is 0 Å². The number of hydrogen-bond acceptors (Lipinski definition) is 0. The van der Waals surface area contributed by atoms with E-state index in [1.165, 1.54) is 30.4 Å². The van der Waals surface area contributed by atoms with Gasteiger partial charge in [-0.2, -0.15) is 0 Å². The highest BCUT2D eigenvalue weighted by molar-refractivity contribution is 5.33. The lowest BCUT2D eigenvalue weighted by atomic mass is 10.0. The van der Waals surface area contributed by atoms with Crippen molar-refractivity contribution in [3.63, 3.8) is 0 Å². The van der Waals surface area contributed by atoms with Gasteiger partial charge in [0, 0.05) is 0 Å². The summed E-state index contributed by atoms with van der Waals surface area (Å²) in [6, 6.07) is 8.64. The van der Waals surface area contributed by atoms with E-state index in [1.807, 2.05) is 0 Å². The summed E-state index contributed by atoms with van der Waals surface area (Å²) >= 11 is 0. The predicted molar refractivity (Wildman–Crippen MR) is 60.1 cm³/mol. The quantitative estimate of drug-likeness (QED) is 0.670. The molecular weight excluding hydrogens is 168 g/mol. The predicted octanol–water partition coefficient (Wildman–Crippen LogP) is 3.76. The van der Waals surface area contributed by atoms with Crippen LogP contribution in [0.5, 0.6) is 0 Å². The third kappa shape index (κ3) is 2.47. The van der Waals surface area contributed by atoms with Crippen LogP contribution in [0.15, 0.2) is 30.3 Å². The van der Waals surface area contributed by atoms with E-state index in [1.54, 1.807) is 0 Å². The Kier molecular flexibility index (Phi) is 3.03. The first kappa shape index (κ1) is 9.51. The second-order valence-electron chi connectivity index (χ2n) is 4.06. The van der Waals surface area contributed by atoms with Crippen molar-refractivity contribution in [1.29, 1.82) is 0 Å². The van der Waals surface area contributed by atoms with Crippen LogP contribution in [-0.2, 0) is 6.42 Å². The Labute approximate surface area is 86.7 Å². The van der Waals surface area contributed by atoms with Gasteiger partial charge in [-0.25, -0.2) is 0 Å². The molecule has 1 aliphatic carbocycles. The Bertz CT molecular complexity index is 319. The topological polar surface area (TPSA) is 0 Å². The molecule has 0 amide bonds. The Balaban J connectivity index is 2.14. The van der Waals surface area contributed by atoms with Crippen molar-refractivity contribution in [2.75, 3.05) is 0 Å². The summed E-state index contributed by atoms with van der Waals surface area (Å²) in [7, 11) is 0. The molecule has 0 aromatic heterocycles. The van der Waals surface area contributed by atoms with Crippen LogP contribution in [0.4, 0.5) is 0 Å². The monoisotopic (exact) mass is 185 g/mol. The molecule has 0 N–H and O–H groups in total. The average molecular weight is 185 g/mol. The molecule has 1 saturated carbocycles. The highest BCUT2D eigenvalue weighted by Crippen LogP contribution is 2.33. The van der Waals surface area contributed by atoms with Crippen molar-refractivity contribution in [3.8, 4) is 0 Å². The van der Waals surface area contributed by atoms with Gasteiger partial charge in [0.2, 0.25) is 0 Å². The molecule has 1 radical (unpaired) electrons. The van der Waals surface area contributed by atoms with E-state index in [-0.39, 0.29) is 0 Å². The smallest absolute Gasteiger partial charge is 0.0146 e. The van der Waals surface area contributed by atoms with Crippen LogP contribution < -0.4 is 0 Å². The zero-order valence-corrected chi connectivity index (χ0v) is 8.79. The molecule has 0 atom stereocenters. The third-order valence-electron chi connectivity index (χ3n) is 2.68. The Morgan fingerprint density at radius 1 is 1.36 bits per heavy atom. The molecule has 2 rings (SSSR count). The Morgan fingerprint density at radius 3 is 2.86 bits per heavy atom. The molecule has 1 aromatic rings. The molecular formula is C14H17. The van der Waals surface area contributed by atoms with Crippen LogP contribution in [0.25, 0.3) is 0 Å². The van der Waals surface area contributed by atoms with Gasteiger partial charge in [-0.3, -0.25) is 0 Å². The maximum Gasteiger partial charge on any atom is -0.0146 e. The highest BCUT2D eigenvalue weighted by atomic mass is 14.3. The van der Waals surface area contributed by atoms with Crippen molar-refractivity contribution in [2.45, 2.75) is 32.6 Å². The fourth-order valence-corrected chi connectivity index (χ4v) is 1.68. The maximum absolute atomic E-state index is 3.37. The van der Waals surface area contributed by atoms with Crippen molar-refractivity contribution in [3.05, 3.63) is 47.5 Å². The van der Waals surface area contributed by atoms with E-state index in [2.05, 4.69) is 43.3 Å². The van der Waals surface area contributed by atoms with E-state index in [4.69, 9.17) is 0 Å². The summed E-state index contributed by atoms with van der Waals surface area (Å²) in [5.74, 6) is 0.958. The van der Waals surface area contributed by atoms with Gasteiger partial charge in [0.15, 0.2) is 0 Å². The summed E-state index contributed by atoms with van der Waals surface area (Å²) in [6.45, 7) is 2.15. The van der Waals surface area contributed by atoms with Crippen molar-refractivity contribution in [2.24, 2.45) is 5.92 Å². The standard InChI is InChI=1S/C14H17/c1-2-3-6-13-7-4-5-8-14(13)11-12-9-10-12/h3-5,7-8,12H,2,9-11H2,1H3. The molecule has 1 fully saturated rings. The summed E-state index contributed by atoms with van der Waals surface area (Å²) in [5.41, 5.74) is 2.76. The first-order chi connectivity index (χ1) is 6.90. The van der Waals surface area contributed by atoms with E-state index < -0.39 is 0 Å². The van der Waals surface area contributed by atoms with Crippen LogP contribution in [-0.4, -0.2) is 0 Å². The molecule has 0 heterocycles. The van der Waals surface area contributed by atoms with Crippen molar-refractivity contribution >= 4 is 0 Å². The van der Waals surface area contributed by atoms with Crippen molar-refractivity contribution in [1.82, 2.24) is 0 Å². The van der Waals surface area contributed by atoms with Gasteiger partial charge < -0.3 is 0 Å². The summed E-state index contributed by atoms with van der Waals surface area (Å²) in [5, 5.41) is 0. The van der Waals surface area contributed by atoms with Gasteiger partial charge in [-0.05, 0) is 48.8 Å². The largest absolute Gasteiger partial charge is 0.0763 e. The number of benzene rings is 1. The van der Waals surface area contributed by atoms with Gasteiger partial charge in [-0.15, -0.1) is 0 Å². The van der Waals surface area contributed by atoms with Crippen LogP contribution in [0.3, 0.4) is 0 Å². The molecule has 1 aliphatic rings. The molecule has 0 bridgehead atoms. The van der Waals surface area contributed by atoms with Gasteiger partial charge in [0.25, 0.3) is 0 Å². The molecule has 0 nitrogen and oxygen atoms in total. The first-order valence-electron chi connectivity index (χ1n) is 5.56. The van der Waals surface area contributed by atoms with E-state index >= 15 is 0 Å². The highest BCUT2D eigenvalue weighted by Gasteiger charge is 2.21. The summed E-state index contributed by atoms with van der Waals surface area (Å²) in [6.07, 6.45) is 10.7. The molecule has 0 saturated heterocycles. The lowest BCUT2D eigenvalue weighted by Gasteiger charge is -2.03. The maximum atomic E-state index is 3.37. The zero-order chi connectivity index (χ0) is 9.80. The van der Waals surface area contributed by atoms with Crippen LogP contribution in [0, 0.1) is 12.0 Å². The van der Waals surface area contributed by atoms with E-state index in [9.17, 15) is 0 Å². The summed E-state index contributed by atoms with van der Waals surface area (Å²) in [4.78, 5) is 0. The molecule has 0 unspecified atom stereocenters. The average Bonchev–Trinajstić information content (AvgIpc) is 3.01. The molecule has 1 aromatic carbocycles. The zero-order valence-electron chi connectivity index (χ0n) is 8.79. The molecule has 0 heteroatoms. The number of rotatable bonds is 4. The normalized spacial score (nSPS) is 16.4. The number of hydrogen-bond donors (Lipinski definition) is 0. The second kappa shape index (κ2) is 4.45. The Morgan fingerprint density at radius 2 is 2.14 bits per heavy atom. The fraction of sp³-hybridized carbons (Fsp3) is 0.429. The first-order valence-corrected chi connectivity index (χ1v) is 5.56. The minimum absolute atomic E-state index is 0.958. The van der Waals surface area contributed by atoms with E-state index in [0.29, 0.717) is 0 Å². The third-order valence-corrected chi connectivity index (χ3v) is 2.68. The van der Waals surface area contributed by atoms with Crippen molar-refractivity contribution < 1.29 is 0 Å². The second-order valence-corrected chi connectivity index (χ2v) is 4.06. The lowest BCUT2D eigenvalue weighted by Crippen LogP contribution is -1.91. The number of allylic oxidation sites excluding steroid dienone is 1.